The Kier molecular flexibility index (Phi) is 5510. The van der Waals surface area contributed by atoms with Crippen LogP contribution in [0.5, 0.6) is 0 Å². The van der Waals surface area contributed by atoms with Gasteiger partial charge in [0.1, 0.15) is 0 Å². The third-order valence-corrected chi connectivity index (χ3v) is 0. The van der Waals surface area contributed by atoms with E-state index in [-0.39, 0.29) is 310 Å². The molecule has 0 amide bonds. The number of hydrogen-bond acceptors (Lipinski definition) is 0. The van der Waals surface area contributed by atoms with Crippen LogP contribution in [0.1, 0.15) is 29.7 Å². The summed E-state index contributed by atoms with van der Waals surface area (Å²) in [6.45, 7) is 6.00. The zero-order valence-corrected chi connectivity index (χ0v) is 33.0. The summed E-state index contributed by atoms with van der Waals surface area (Å²) in [5, 5.41) is 0. The molecule has 0 N–H and O–H groups in total. The van der Waals surface area contributed by atoms with Crippen molar-refractivity contribution in [2.24, 2.45) is 0 Å². The van der Waals surface area contributed by atoms with E-state index in [1.165, 1.54) is 0 Å². The fourth-order valence-corrected chi connectivity index (χ4v) is 0. The van der Waals surface area contributed by atoms with Crippen LogP contribution >= 0.6 is 22.6 Å². The maximum Gasteiger partial charge on any atom is 0 e. The Balaban J connectivity index is -0.0000000000828. The first-order valence-electron chi connectivity index (χ1n) is 0.878. The van der Waals surface area contributed by atoms with Gasteiger partial charge in [0.2, 0.25) is 0 Å². The Bertz CT molecular complexity index is 42.5. The SMILES string of the molecule is C.C.C.C.C=C.CI.[CH3-].[CH3-].[Fe].[Fe].[Fe].[Fe].[Fe].[Fe].[Fe].[Fe].[Fe].[Fe].[Fe].[Fe].[V].[W].[W]. The van der Waals surface area contributed by atoms with E-state index in [0.29, 0.717) is 0 Å². The minimum Gasteiger partial charge on any atom is -0.358 e. The van der Waals surface area contributed by atoms with Crippen LogP contribution in [0, 0.1) is 14.9 Å². The van der Waals surface area contributed by atoms with Crippen molar-refractivity contribution in [1.82, 2.24) is 0 Å². The molecule has 0 aromatic heterocycles. The molecular formula is C9H29Fe12IVW2-2. The molecule has 16 heteroatoms. The smallest absolute Gasteiger partial charge is 0 e. The molecule has 0 bridgehead atoms. The molecule has 25 heavy (non-hydrogen) atoms. The van der Waals surface area contributed by atoms with Crippen LogP contribution in [0.25, 0.3) is 0 Å². The average Bonchev–Trinajstić information content (AvgIpc) is 1.50. The molecule has 0 aliphatic heterocycles. The topological polar surface area (TPSA) is 0 Å². The van der Waals surface area contributed by atoms with Crippen LogP contribution in [-0.4, -0.2) is 4.93 Å². The fourth-order valence-electron chi connectivity index (χ4n) is 0. The number of halogens is 1. The maximum atomic E-state index is 3.00. The largest absolute Gasteiger partial charge is 0.358 e. The molecule has 187 valence electrons. The number of rotatable bonds is 0. The third kappa shape index (κ3) is 409. The normalized spacial score (nSPS) is 0.400. The van der Waals surface area contributed by atoms with Gasteiger partial charge >= 0.3 is 0 Å². The van der Waals surface area contributed by atoms with Crippen LogP contribution in [0.3, 0.4) is 0 Å². The molecule has 0 aromatic carbocycles. The molecule has 0 atom stereocenters. The minimum atomic E-state index is 0. The van der Waals surface area contributed by atoms with Crippen LogP contribution < -0.4 is 0 Å². The van der Waals surface area contributed by atoms with Crippen molar-refractivity contribution >= 4 is 22.6 Å². The average molecular weight is 1350 g/mol. The van der Waals surface area contributed by atoms with Crippen molar-refractivity contribution in [2.45, 2.75) is 29.7 Å². The second-order valence-electron chi connectivity index (χ2n) is 0. The van der Waals surface area contributed by atoms with E-state index in [0.717, 1.165) is 0 Å². The van der Waals surface area contributed by atoms with Crippen molar-refractivity contribution in [2.75, 3.05) is 4.93 Å². The first kappa shape index (κ1) is 316. The summed E-state index contributed by atoms with van der Waals surface area (Å²) >= 11 is 2.15. The molecular weight excluding hydrogens is 1320 g/mol. The fraction of sp³-hybridized carbons (Fsp3) is 0.556. The predicted molar refractivity (Wildman–Crippen MR) is 71.0 cm³/mol. The predicted octanol–water partition coefficient (Wildman–Crippen LogP) is 5.26. The van der Waals surface area contributed by atoms with Crippen molar-refractivity contribution in [3.63, 3.8) is 0 Å². The number of alkyl halides is 1. The Hall–Kier alpha value is 8.66. The Morgan fingerprint density at radius 1 is 0.400 bits per heavy atom. The molecule has 0 spiro atoms. The molecule has 0 rings (SSSR count). The molecule has 0 unspecified atom stereocenters. The summed E-state index contributed by atoms with van der Waals surface area (Å²) in [5.41, 5.74) is 0. The molecule has 0 aromatic rings. The monoisotopic (exact) mass is 1350 g/mol. The molecule has 0 heterocycles. The second-order valence-corrected chi connectivity index (χ2v) is 0. The molecule has 0 saturated carbocycles. The van der Waals surface area contributed by atoms with E-state index in [9.17, 15) is 0 Å². The van der Waals surface area contributed by atoms with E-state index in [1.807, 2.05) is 4.93 Å². The third-order valence-electron chi connectivity index (χ3n) is 0. The zero-order chi connectivity index (χ0) is 4.00. The van der Waals surface area contributed by atoms with Gasteiger partial charge in [-0.3, -0.25) is 0 Å². The van der Waals surface area contributed by atoms with Gasteiger partial charge in [-0.25, -0.2) is 0 Å². The van der Waals surface area contributed by atoms with Gasteiger partial charge < -0.3 is 14.9 Å². The van der Waals surface area contributed by atoms with Crippen LogP contribution in [0.15, 0.2) is 13.2 Å². The summed E-state index contributed by atoms with van der Waals surface area (Å²) in [6.07, 6.45) is 0. The molecule has 1 radical (unpaired) electrons. The molecule has 0 aliphatic rings. The van der Waals surface area contributed by atoms with Gasteiger partial charge in [-0.15, -0.1) is 13.2 Å². The quantitative estimate of drug-likeness (QED) is 0.102. The van der Waals surface area contributed by atoms with Crippen molar-refractivity contribution < 1.29 is 266 Å². The van der Waals surface area contributed by atoms with Crippen LogP contribution in [0.2, 0.25) is 0 Å². The van der Waals surface area contributed by atoms with E-state index in [1.54, 1.807) is 0 Å². The van der Waals surface area contributed by atoms with Crippen molar-refractivity contribution in [1.29, 1.82) is 0 Å². The molecule has 0 saturated heterocycles. The summed E-state index contributed by atoms with van der Waals surface area (Å²) in [4.78, 5) is 1.97. The Morgan fingerprint density at radius 2 is 0.400 bits per heavy atom. The molecule has 0 nitrogen and oxygen atoms in total. The Morgan fingerprint density at radius 3 is 0.400 bits per heavy atom. The maximum absolute atomic E-state index is 3.00. The van der Waals surface area contributed by atoms with E-state index in [4.69, 9.17) is 0 Å². The van der Waals surface area contributed by atoms with Gasteiger partial charge in [-0.05, 0) is 4.93 Å². The second kappa shape index (κ2) is 436. The Labute approximate surface area is 343 Å². The van der Waals surface area contributed by atoms with Gasteiger partial charge in [0.15, 0.2) is 0 Å². The van der Waals surface area contributed by atoms with Gasteiger partial charge in [0.05, 0.1) is 0 Å². The first-order chi connectivity index (χ1) is 2.00. The van der Waals surface area contributed by atoms with Gasteiger partial charge in [-0.1, -0.05) is 52.3 Å². The summed E-state index contributed by atoms with van der Waals surface area (Å²) < 4.78 is 0. The first-order valence-corrected chi connectivity index (χ1v) is 3.04. The van der Waals surface area contributed by atoms with Gasteiger partial charge in [0.25, 0.3) is 0 Å². The van der Waals surface area contributed by atoms with Gasteiger partial charge in [0, 0.05) is 266 Å². The van der Waals surface area contributed by atoms with Crippen LogP contribution in [0.4, 0.5) is 0 Å². The standard InChI is InChI=1S/C2H4.CH3I.4CH4.2CH3.12Fe.V.2W/c2*1-2;;;;;;;;;;;;;;;;;;;;;/h1-2H2;1H3;4*1H4;2*1H3;;;;;;;;;;;;;;;/q;;;;;;2*-1;;;;;;;;;;;;;;;. The van der Waals surface area contributed by atoms with E-state index in [2.05, 4.69) is 35.7 Å². The summed E-state index contributed by atoms with van der Waals surface area (Å²) in [7, 11) is 0. The van der Waals surface area contributed by atoms with E-state index >= 15 is 0 Å². The summed E-state index contributed by atoms with van der Waals surface area (Å²) in [5.74, 6) is 0. The van der Waals surface area contributed by atoms with Crippen molar-refractivity contribution in [3.8, 4) is 0 Å². The minimum absolute atomic E-state index is 0. The number of hydrogen-bond donors (Lipinski definition) is 0. The van der Waals surface area contributed by atoms with Crippen LogP contribution in [-0.2, 0) is 266 Å². The molecule has 0 fully saturated rings. The summed E-state index contributed by atoms with van der Waals surface area (Å²) in [6, 6.07) is 0. The molecule has 0 aliphatic carbocycles. The van der Waals surface area contributed by atoms with Gasteiger partial charge in [-0.2, -0.15) is 0 Å². The van der Waals surface area contributed by atoms with Crippen molar-refractivity contribution in [3.05, 3.63) is 28.0 Å². The van der Waals surface area contributed by atoms with E-state index < -0.39 is 0 Å². The zero-order valence-electron chi connectivity index (χ0n) is 10.3.